The van der Waals surface area contributed by atoms with Crippen LogP contribution < -0.4 is 0 Å². The Kier molecular flexibility index (Phi) is 4.68. The van der Waals surface area contributed by atoms with E-state index >= 15 is 0 Å². The van der Waals surface area contributed by atoms with Gasteiger partial charge in [0.1, 0.15) is 0 Å². The summed E-state index contributed by atoms with van der Waals surface area (Å²) in [6.07, 6.45) is 7.35. The lowest BCUT2D eigenvalue weighted by molar-refractivity contribution is -0.143. The van der Waals surface area contributed by atoms with E-state index in [0.29, 0.717) is 6.42 Å². The summed E-state index contributed by atoms with van der Waals surface area (Å²) in [7, 11) is -3.67. The molecule has 27 heavy (non-hydrogen) atoms. The van der Waals surface area contributed by atoms with E-state index in [1.54, 1.807) is 0 Å². The zero-order chi connectivity index (χ0) is 19.2. The summed E-state index contributed by atoms with van der Waals surface area (Å²) in [4.78, 5) is 27.6. The van der Waals surface area contributed by atoms with Crippen LogP contribution in [0.25, 0.3) is 0 Å². The first-order valence-electron chi connectivity index (χ1n) is 9.29. The van der Waals surface area contributed by atoms with Crippen LogP contribution in [-0.2, 0) is 30.3 Å². The molecule has 2 bridgehead atoms. The Balaban J connectivity index is 1.63. The summed E-state index contributed by atoms with van der Waals surface area (Å²) in [6, 6.07) is 8.80. The maximum atomic E-state index is 13.2. The van der Waals surface area contributed by atoms with Crippen molar-refractivity contribution < 1.29 is 22.2 Å². The minimum Gasteiger partial charge on any atom is -0.276 e. The monoisotopic (exact) mass is 389 g/mol. The van der Waals surface area contributed by atoms with Crippen LogP contribution in [0, 0.1) is 23.7 Å². The highest BCUT2D eigenvalue weighted by Crippen LogP contribution is 2.50. The third kappa shape index (κ3) is 3.46. The van der Waals surface area contributed by atoms with Gasteiger partial charge in [0.25, 0.3) is 10.1 Å². The van der Waals surface area contributed by atoms with E-state index in [0.717, 1.165) is 24.7 Å². The normalized spacial score (nSPS) is 30.6. The largest absolute Gasteiger partial charge is 0.276 e. The number of hydrogen-bond acceptors (Lipinski definition) is 5. The van der Waals surface area contributed by atoms with Gasteiger partial charge in [-0.2, -0.15) is 8.42 Å². The average Bonchev–Trinajstić information content (AvgIpc) is 2.93. The summed E-state index contributed by atoms with van der Waals surface area (Å²) in [5.41, 5.74) is 0.927. The molecule has 7 heteroatoms. The molecule has 2 amide bonds. The zero-order valence-corrected chi connectivity index (χ0v) is 16.0. The van der Waals surface area contributed by atoms with E-state index in [9.17, 15) is 18.0 Å². The second kappa shape index (κ2) is 6.87. The highest BCUT2D eigenvalue weighted by Gasteiger charge is 2.57. The molecule has 1 saturated carbocycles. The minimum atomic E-state index is -3.67. The number of nitrogens with zero attached hydrogens (tertiary/aromatic N) is 1. The SMILES string of the molecule is CS(=O)(=O)OCC(Cc1ccccc1)N1C(=O)C2C3C=CC(CC3)C2C1=O. The first-order valence-corrected chi connectivity index (χ1v) is 11.1. The smallest absolute Gasteiger partial charge is 0.264 e. The number of imide groups is 1. The van der Waals surface area contributed by atoms with Gasteiger partial charge in [0, 0.05) is 0 Å². The number of carbonyl (C=O) groups is 2. The van der Waals surface area contributed by atoms with Crippen LogP contribution in [0.15, 0.2) is 42.5 Å². The summed E-state index contributed by atoms with van der Waals surface area (Å²) >= 11 is 0. The molecule has 4 aliphatic rings. The predicted molar refractivity (Wildman–Crippen MR) is 98.9 cm³/mol. The molecular weight excluding hydrogens is 366 g/mol. The zero-order valence-electron chi connectivity index (χ0n) is 15.2. The standard InChI is InChI=1S/C20H23NO5S/c1-27(24,25)26-12-16(11-13-5-3-2-4-6-13)21-19(22)17-14-7-8-15(10-9-14)18(17)20(21)23/h2-8,14-18H,9-12H2,1H3. The third-order valence-electron chi connectivity index (χ3n) is 5.95. The van der Waals surface area contributed by atoms with Crippen molar-refractivity contribution in [2.45, 2.75) is 25.3 Å². The number of fused-ring (bicyclic) bond motifs is 1. The number of hydrogen-bond donors (Lipinski definition) is 0. The molecule has 0 N–H and O–H groups in total. The molecule has 5 rings (SSSR count). The van der Waals surface area contributed by atoms with Crippen molar-refractivity contribution in [3.8, 4) is 0 Å². The van der Waals surface area contributed by atoms with Crippen LogP contribution in [0.2, 0.25) is 0 Å². The highest BCUT2D eigenvalue weighted by atomic mass is 32.2. The van der Waals surface area contributed by atoms with Crippen LogP contribution in [0.3, 0.4) is 0 Å². The quantitative estimate of drug-likeness (QED) is 0.421. The van der Waals surface area contributed by atoms with Crippen molar-refractivity contribution in [1.29, 1.82) is 0 Å². The molecule has 0 spiro atoms. The van der Waals surface area contributed by atoms with Crippen LogP contribution in [0.4, 0.5) is 0 Å². The molecule has 5 unspecified atom stereocenters. The van der Waals surface area contributed by atoms with Crippen molar-refractivity contribution >= 4 is 21.9 Å². The maximum Gasteiger partial charge on any atom is 0.264 e. The number of benzene rings is 1. The first kappa shape index (κ1) is 18.4. The lowest BCUT2D eigenvalue weighted by Gasteiger charge is -2.38. The van der Waals surface area contributed by atoms with Crippen LogP contribution in [0.1, 0.15) is 18.4 Å². The number of rotatable bonds is 6. The molecule has 5 atom stereocenters. The number of carbonyl (C=O) groups excluding carboxylic acids is 2. The molecule has 1 aliphatic heterocycles. The summed E-state index contributed by atoms with van der Waals surface area (Å²) in [5, 5.41) is 0. The maximum absolute atomic E-state index is 13.2. The van der Waals surface area contributed by atoms with Gasteiger partial charge in [0.15, 0.2) is 0 Å². The molecule has 1 aromatic rings. The van der Waals surface area contributed by atoms with Crippen molar-refractivity contribution in [2.24, 2.45) is 23.7 Å². The van der Waals surface area contributed by atoms with Crippen LogP contribution in [0.5, 0.6) is 0 Å². The molecular formula is C20H23NO5S. The second-order valence-electron chi connectivity index (χ2n) is 7.72. The first-order chi connectivity index (χ1) is 12.8. The van der Waals surface area contributed by atoms with Gasteiger partial charge < -0.3 is 0 Å². The van der Waals surface area contributed by atoms with Gasteiger partial charge in [0.2, 0.25) is 11.8 Å². The van der Waals surface area contributed by atoms with Gasteiger partial charge in [-0.1, -0.05) is 42.5 Å². The molecule has 2 fully saturated rings. The lowest BCUT2D eigenvalue weighted by Crippen LogP contribution is -2.45. The summed E-state index contributed by atoms with van der Waals surface area (Å²) in [6.45, 7) is -0.215. The van der Waals surface area contributed by atoms with Gasteiger partial charge in [-0.25, -0.2) is 0 Å². The Hall–Kier alpha value is -1.99. The van der Waals surface area contributed by atoms with Gasteiger partial charge in [-0.05, 0) is 36.7 Å². The lowest BCUT2D eigenvalue weighted by atomic mass is 9.63. The molecule has 1 saturated heterocycles. The van der Waals surface area contributed by atoms with Gasteiger partial charge in [-0.3, -0.25) is 18.7 Å². The van der Waals surface area contributed by atoms with Crippen LogP contribution >= 0.6 is 0 Å². The fourth-order valence-electron chi connectivity index (χ4n) is 4.77. The molecule has 0 radical (unpaired) electrons. The minimum absolute atomic E-state index is 0.106. The van der Waals surface area contributed by atoms with Gasteiger partial charge >= 0.3 is 0 Å². The molecule has 1 aromatic carbocycles. The average molecular weight is 389 g/mol. The van der Waals surface area contributed by atoms with Crippen molar-refractivity contribution in [1.82, 2.24) is 4.90 Å². The van der Waals surface area contributed by atoms with E-state index in [2.05, 4.69) is 12.2 Å². The fraction of sp³-hybridized carbons (Fsp3) is 0.500. The molecule has 0 aromatic heterocycles. The second-order valence-corrected chi connectivity index (χ2v) is 9.36. The predicted octanol–water partition coefficient (Wildman–Crippen LogP) is 1.77. The summed E-state index contributed by atoms with van der Waals surface area (Å²) in [5.74, 6) is -0.760. The molecule has 3 aliphatic carbocycles. The Morgan fingerprint density at radius 3 is 2.07 bits per heavy atom. The Morgan fingerprint density at radius 2 is 1.59 bits per heavy atom. The van der Waals surface area contributed by atoms with E-state index in [-0.39, 0.29) is 42.1 Å². The molecule has 1 heterocycles. The molecule has 6 nitrogen and oxygen atoms in total. The Labute approximate surface area is 159 Å². The number of allylic oxidation sites excluding steroid dienone is 2. The van der Waals surface area contributed by atoms with Crippen LogP contribution in [-0.4, -0.2) is 44.0 Å². The highest BCUT2D eigenvalue weighted by molar-refractivity contribution is 7.85. The van der Waals surface area contributed by atoms with E-state index in [1.807, 2.05) is 30.3 Å². The Morgan fingerprint density at radius 1 is 1.04 bits per heavy atom. The van der Waals surface area contributed by atoms with E-state index in [4.69, 9.17) is 4.18 Å². The van der Waals surface area contributed by atoms with E-state index < -0.39 is 16.2 Å². The van der Waals surface area contributed by atoms with E-state index in [1.165, 1.54) is 4.90 Å². The van der Waals surface area contributed by atoms with Gasteiger partial charge in [-0.15, -0.1) is 0 Å². The number of amides is 2. The number of likely N-dealkylation sites (tertiary alicyclic amines) is 1. The van der Waals surface area contributed by atoms with Crippen molar-refractivity contribution in [2.75, 3.05) is 12.9 Å². The Bertz CT molecular complexity index is 847. The summed E-state index contributed by atoms with van der Waals surface area (Å²) < 4.78 is 28.0. The fourth-order valence-corrected chi connectivity index (χ4v) is 5.17. The third-order valence-corrected chi connectivity index (χ3v) is 6.51. The topological polar surface area (TPSA) is 80.8 Å². The van der Waals surface area contributed by atoms with Gasteiger partial charge in [0.05, 0.1) is 30.7 Å². The van der Waals surface area contributed by atoms with Crippen molar-refractivity contribution in [3.05, 3.63) is 48.0 Å². The molecule has 144 valence electrons. The van der Waals surface area contributed by atoms with Crippen molar-refractivity contribution in [3.63, 3.8) is 0 Å².